The molecule has 0 spiro atoms. The van der Waals surface area contributed by atoms with E-state index in [1.165, 1.54) is 18.2 Å². The number of hydrogen-bond donors (Lipinski definition) is 5. The van der Waals surface area contributed by atoms with Gasteiger partial charge < -0.3 is 31.3 Å². The lowest BCUT2D eigenvalue weighted by Crippen LogP contribution is -2.13. The van der Waals surface area contributed by atoms with E-state index in [1.807, 2.05) is 18.2 Å². The van der Waals surface area contributed by atoms with Crippen LogP contribution in [0.1, 0.15) is 22.3 Å². The summed E-state index contributed by atoms with van der Waals surface area (Å²) in [5.74, 6) is 0.00945. The van der Waals surface area contributed by atoms with Crippen molar-refractivity contribution in [3.05, 3.63) is 140 Å². The zero-order chi connectivity index (χ0) is 35.5. The number of phenols is 1. The van der Waals surface area contributed by atoms with Crippen molar-refractivity contribution in [3.63, 3.8) is 0 Å². The number of aromatic nitrogens is 2. The van der Waals surface area contributed by atoms with Gasteiger partial charge in [0.2, 0.25) is 11.8 Å². The number of amides is 2. The van der Waals surface area contributed by atoms with Gasteiger partial charge in [0.25, 0.3) is 11.4 Å². The molecule has 0 aliphatic carbocycles. The molecule has 15 heteroatoms. The van der Waals surface area contributed by atoms with Crippen molar-refractivity contribution in [2.45, 2.75) is 24.8 Å². The van der Waals surface area contributed by atoms with Gasteiger partial charge in [0, 0.05) is 63.8 Å². The van der Waals surface area contributed by atoms with Crippen LogP contribution >= 0.6 is 15.9 Å². The Morgan fingerprint density at radius 3 is 1.78 bits per heavy atom. The Morgan fingerprint density at radius 1 is 0.735 bits per heavy atom. The largest absolute Gasteiger partial charge is 0.508 e. The summed E-state index contributed by atoms with van der Waals surface area (Å²) in [6.07, 6.45) is 3.81. The van der Waals surface area contributed by atoms with E-state index in [1.54, 1.807) is 60.9 Å². The molecule has 0 bridgehead atoms. The maximum absolute atomic E-state index is 11.1. The number of ether oxygens (including phenoxy) is 1. The summed E-state index contributed by atoms with van der Waals surface area (Å²) in [5.41, 5.74) is 15.5. The number of phenolic OH excluding ortho intramolecular Hbond substituents is 1. The standard InChI is InChI=1S/C17H15N3O4.C10H10N2O2.C7H6BrNO2/c18-17(21)7-12-9-19-16-5-4-14(8-15(12)16)24-10-11-2-1-3-13(6-11)20(22)23;11-10(14)3-6-5-12-9-2-1-7(13)4-8(6)9;8-5-6-2-1-3-7(4-6)9(10)11/h1-6,8-9,19H,7,10H2,(H2,18,21);1-2,4-5,12-13H,3H2,(H2,11,14);1-4H,5H2. The van der Waals surface area contributed by atoms with Crippen LogP contribution in [0.2, 0.25) is 0 Å². The number of rotatable bonds is 10. The first-order valence-electron chi connectivity index (χ1n) is 14.5. The lowest BCUT2D eigenvalue weighted by atomic mass is 10.1. The Labute approximate surface area is 287 Å². The van der Waals surface area contributed by atoms with Crippen molar-refractivity contribution < 1.29 is 29.3 Å². The molecule has 0 aliphatic heterocycles. The van der Waals surface area contributed by atoms with Gasteiger partial charge in [-0.15, -0.1) is 0 Å². The Bertz CT molecular complexity index is 2130. The van der Waals surface area contributed by atoms with Gasteiger partial charge in [-0.1, -0.05) is 40.2 Å². The van der Waals surface area contributed by atoms with Gasteiger partial charge in [-0.05, 0) is 58.7 Å². The van der Waals surface area contributed by atoms with Crippen molar-refractivity contribution >= 4 is 60.9 Å². The van der Waals surface area contributed by atoms with Crippen molar-refractivity contribution in [1.29, 1.82) is 0 Å². The second kappa shape index (κ2) is 16.6. The number of non-ortho nitro benzene ring substituents is 2. The van der Waals surface area contributed by atoms with Crippen LogP contribution in [0.3, 0.4) is 0 Å². The number of benzene rings is 4. The van der Waals surface area contributed by atoms with Gasteiger partial charge >= 0.3 is 0 Å². The minimum absolute atomic E-state index is 0.0286. The zero-order valence-corrected chi connectivity index (χ0v) is 27.4. The van der Waals surface area contributed by atoms with Gasteiger partial charge in [0.15, 0.2) is 0 Å². The molecule has 0 aliphatic rings. The molecule has 7 N–H and O–H groups in total. The number of nitrogens with one attached hydrogen (secondary N) is 2. The first kappa shape index (κ1) is 35.6. The van der Waals surface area contributed by atoms with Crippen LogP contribution in [0, 0.1) is 20.2 Å². The molecular formula is C34H31BrN6O8. The van der Waals surface area contributed by atoms with Crippen LogP contribution in [-0.2, 0) is 34.4 Å². The summed E-state index contributed by atoms with van der Waals surface area (Å²) in [6.45, 7) is 0.211. The third kappa shape index (κ3) is 10.1. The van der Waals surface area contributed by atoms with E-state index < -0.39 is 15.8 Å². The average Bonchev–Trinajstić information content (AvgIpc) is 3.66. The highest BCUT2D eigenvalue weighted by molar-refractivity contribution is 9.08. The highest BCUT2D eigenvalue weighted by Gasteiger charge is 2.10. The maximum Gasteiger partial charge on any atom is 0.269 e. The molecule has 0 atom stereocenters. The van der Waals surface area contributed by atoms with Crippen LogP contribution in [0.4, 0.5) is 11.4 Å². The fourth-order valence-corrected chi connectivity index (χ4v) is 5.11. The van der Waals surface area contributed by atoms with Crippen LogP contribution in [0.5, 0.6) is 11.5 Å². The summed E-state index contributed by atoms with van der Waals surface area (Å²) in [4.78, 5) is 48.2. The SMILES string of the molecule is NC(=O)Cc1c[nH]c2ccc(O)cc12.NC(=O)Cc1c[nH]c2ccc(OCc3cccc([N+](=O)[O-])c3)cc12.O=[N+]([O-])c1cccc(CBr)c1. The van der Waals surface area contributed by atoms with Gasteiger partial charge in [-0.2, -0.15) is 0 Å². The van der Waals surface area contributed by atoms with E-state index in [0.29, 0.717) is 16.6 Å². The smallest absolute Gasteiger partial charge is 0.269 e. The number of hydrogen-bond acceptors (Lipinski definition) is 8. The van der Waals surface area contributed by atoms with Crippen molar-refractivity contribution in [3.8, 4) is 11.5 Å². The van der Waals surface area contributed by atoms with Crippen LogP contribution in [-0.4, -0.2) is 36.7 Å². The minimum atomic E-state index is -0.439. The van der Waals surface area contributed by atoms with Gasteiger partial charge in [0.1, 0.15) is 18.1 Å². The molecule has 0 radical (unpaired) electrons. The predicted octanol–water partition coefficient (Wildman–Crippen LogP) is 6.07. The van der Waals surface area contributed by atoms with E-state index in [-0.39, 0.29) is 42.5 Å². The number of aromatic amines is 2. The summed E-state index contributed by atoms with van der Waals surface area (Å²) < 4.78 is 5.71. The molecule has 6 rings (SSSR count). The van der Waals surface area contributed by atoms with Crippen molar-refractivity contribution in [2.24, 2.45) is 11.5 Å². The molecule has 49 heavy (non-hydrogen) atoms. The Kier molecular flexibility index (Phi) is 12.0. The number of nitrogens with two attached hydrogens (primary N) is 2. The number of alkyl halides is 1. The number of fused-ring (bicyclic) bond motifs is 2. The third-order valence-electron chi connectivity index (χ3n) is 7.02. The second-order valence-corrected chi connectivity index (χ2v) is 11.2. The molecule has 14 nitrogen and oxygen atoms in total. The van der Waals surface area contributed by atoms with Crippen molar-refractivity contribution in [2.75, 3.05) is 0 Å². The summed E-state index contributed by atoms with van der Waals surface area (Å²) in [5, 5.41) is 32.7. The van der Waals surface area contributed by atoms with Gasteiger partial charge in [0.05, 0.1) is 22.7 Å². The molecule has 0 unspecified atom stereocenters. The first-order valence-corrected chi connectivity index (χ1v) is 15.7. The number of H-pyrrole nitrogens is 2. The molecule has 4 aromatic carbocycles. The number of aromatic hydroxyl groups is 1. The lowest BCUT2D eigenvalue weighted by molar-refractivity contribution is -0.385. The normalized spacial score (nSPS) is 10.4. The van der Waals surface area contributed by atoms with E-state index >= 15 is 0 Å². The Hall–Kier alpha value is -6.22. The molecule has 2 aromatic heterocycles. The Balaban J connectivity index is 0.000000183. The highest BCUT2D eigenvalue weighted by Crippen LogP contribution is 2.26. The molecule has 0 saturated carbocycles. The van der Waals surface area contributed by atoms with E-state index in [0.717, 1.165) is 38.5 Å². The van der Waals surface area contributed by atoms with E-state index in [9.17, 15) is 34.9 Å². The van der Waals surface area contributed by atoms with E-state index in [4.69, 9.17) is 16.2 Å². The summed E-state index contributed by atoms with van der Waals surface area (Å²) in [7, 11) is 0. The zero-order valence-electron chi connectivity index (χ0n) is 25.8. The topological polar surface area (TPSA) is 233 Å². The molecule has 2 heterocycles. The maximum atomic E-state index is 11.1. The molecule has 252 valence electrons. The number of nitrogens with zero attached hydrogens (tertiary/aromatic N) is 2. The van der Waals surface area contributed by atoms with Crippen LogP contribution < -0.4 is 16.2 Å². The Morgan fingerprint density at radius 2 is 1.24 bits per heavy atom. The first-order chi connectivity index (χ1) is 23.4. The monoisotopic (exact) mass is 730 g/mol. The predicted molar refractivity (Wildman–Crippen MR) is 187 cm³/mol. The quantitative estimate of drug-likeness (QED) is 0.0628. The number of carbonyl (C=O) groups excluding carboxylic acids is 2. The minimum Gasteiger partial charge on any atom is -0.508 e. The average molecular weight is 732 g/mol. The number of carbonyl (C=O) groups is 2. The van der Waals surface area contributed by atoms with Crippen LogP contribution in [0.15, 0.2) is 97.3 Å². The number of halogens is 1. The molecule has 0 fully saturated rings. The van der Waals surface area contributed by atoms with Gasteiger partial charge in [-0.3, -0.25) is 29.8 Å². The van der Waals surface area contributed by atoms with Crippen molar-refractivity contribution in [1.82, 2.24) is 9.97 Å². The summed E-state index contributed by atoms with van der Waals surface area (Å²) in [6, 6.07) is 23.3. The number of primary amides is 2. The number of nitro groups is 2. The molecule has 2 amide bonds. The molecular weight excluding hydrogens is 700 g/mol. The summed E-state index contributed by atoms with van der Waals surface area (Å²) >= 11 is 3.22. The number of nitro benzene ring substituents is 2. The third-order valence-corrected chi connectivity index (χ3v) is 7.67. The van der Waals surface area contributed by atoms with E-state index in [2.05, 4.69) is 25.9 Å². The highest BCUT2D eigenvalue weighted by atomic mass is 79.9. The second-order valence-electron chi connectivity index (χ2n) is 10.6. The molecule has 0 saturated heterocycles. The lowest BCUT2D eigenvalue weighted by Gasteiger charge is -2.07. The molecule has 6 aromatic rings. The van der Waals surface area contributed by atoms with Crippen LogP contribution in [0.25, 0.3) is 21.8 Å². The van der Waals surface area contributed by atoms with Gasteiger partial charge in [-0.25, -0.2) is 0 Å². The fraction of sp³-hybridized carbons (Fsp3) is 0.118. The fourth-order valence-electron chi connectivity index (χ4n) is 4.76.